The van der Waals surface area contributed by atoms with Crippen LogP contribution in [0.5, 0.6) is 11.6 Å². The van der Waals surface area contributed by atoms with Crippen LogP contribution in [0.2, 0.25) is 0 Å². The van der Waals surface area contributed by atoms with E-state index in [9.17, 15) is 9.90 Å². The Balaban J connectivity index is 1.51. The molecule has 9 heteroatoms. The average molecular weight is 443 g/mol. The molecule has 32 heavy (non-hydrogen) atoms. The van der Waals surface area contributed by atoms with E-state index < -0.39 is 0 Å². The predicted octanol–water partition coefficient (Wildman–Crippen LogP) is 4.71. The van der Waals surface area contributed by atoms with Crippen LogP contribution in [0.25, 0.3) is 33.5 Å². The number of aromatic amines is 1. The van der Waals surface area contributed by atoms with Gasteiger partial charge in [0.15, 0.2) is 5.13 Å². The van der Waals surface area contributed by atoms with Gasteiger partial charge in [0.05, 0.1) is 23.7 Å². The van der Waals surface area contributed by atoms with Gasteiger partial charge in [-0.25, -0.2) is 15.0 Å². The molecule has 3 heterocycles. The summed E-state index contributed by atoms with van der Waals surface area (Å²) in [5.41, 5.74) is 3.97. The summed E-state index contributed by atoms with van der Waals surface area (Å²) in [6.45, 7) is 0. The molecule has 0 aliphatic heterocycles. The van der Waals surface area contributed by atoms with E-state index in [2.05, 4.69) is 25.3 Å². The lowest BCUT2D eigenvalue weighted by Crippen LogP contribution is -2.11. The zero-order chi connectivity index (χ0) is 22.1. The molecule has 0 spiro atoms. The van der Waals surface area contributed by atoms with Crippen molar-refractivity contribution >= 4 is 33.4 Å². The Morgan fingerprint density at radius 1 is 1.09 bits per heavy atom. The third-order valence-corrected chi connectivity index (χ3v) is 5.61. The van der Waals surface area contributed by atoms with Crippen molar-refractivity contribution in [2.45, 2.75) is 0 Å². The fourth-order valence-electron chi connectivity index (χ4n) is 3.40. The van der Waals surface area contributed by atoms with Crippen LogP contribution in [0.3, 0.4) is 0 Å². The summed E-state index contributed by atoms with van der Waals surface area (Å²) >= 11 is 1.35. The number of fused-ring (bicyclic) bond motifs is 1. The van der Waals surface area contributed by atoms with Crippen molar-refractivity contribution < 1.29 is 14.6 Å². The highest BCUT2D eigenvalue weighted by Crippen LogP contribution is 2.35. The van der Waals surface area contributed by atoms with Crippen molar-refractivity contribution in [2.75, 3.05) is 12.4 Å². The molecule has 158 valence electrons. The summed E-state index contributed by atoms with van der Waals surface area (Å²) in [4.78, 5) is 28.6. The number of carbonyl (C=O) groups excluding carboxylic acids is 1. The smallest absolute Gasteiger partial charge is 0.257 e. The van der Waals surface area contributed by atoms with E-state index in [1.54, 1.807) is 55.2 Å². The number of H-pyrrole nitrogens is 1. The van der Waals surface area contributed by atoms with Crippen LogP contribution in [0, 0.1) is 0 Å². The van der Waals surface area contributed by atoms with E-state index in [1.165, 1.54) is 11.3 Å². The number of pyridine rings is 1. The molecule has 0 aliphatic carbocycles. The SMILES string of the molecule is COc1ncccc1-c1ccc(O)c(-c2nc3cc(C(=O)Nc4nccs4)ccc3[nH]2)c1. The Kier molecular flexibility index (Phi) is 5.00. The number of aromatic hydroxyl groups is 1. The number of hydrogen-bond acceptors (Lipinski definition) is 7. The first kappa shape index (κ1) is 19.7. The number of nitrogens with one attached hydrogen (secondary N) is 2. The zero-order valence-corrected chi connectivity index (χ0v) is 17.7. The molecule has 5 rings (SSSR count). The molecule has 0 bridgehead atoms. The number of rotatable bonds is 5. The summed E-state index contributed by atoms with van der Waals surface area (Å²) < 4.78 is 5.36. The van der Waals surface area contributed by atoms with Gasteiger partial charge < -0.3 is 14.8 Å². The van der Waals surface area contributed by atoms with E-state index in [4.69, 9.17) is 4.74 Å². The Morgan fingerprint density at radius 3 is 2.81 bits per heavy atom. The highest BCUT2D eigenvalue weighted by molar-refractivity contribution is 7.13. The van der Waals surface area contributed by atoms with Crippen LogP contribution >= 0.6 is 11.3 Å². The van der Waals surface area contributed by atoms with E-state index >= 15 is 0 Å². The number of hydrogen-bond donors (Lipinski definition) is 3. The highest BCUT2D eigenvalue weighted by atomic mass is 32.1. The quantitative estimate of drug-likeness (QED) is 0.362. The van der Waals surface area contributed by atoms with E-state index in [1.807, 2.05) is 18.2 Å². The van der Waals surface area contributed by atoms with Crippen LogP contribution in [-0.2, 0) is 0 Å². The Bertz CT molecular complexity index is 1430. The van der Waals surface area contributed by atoms with Crippen molar-refractivity contribution in [3.05, 3.63) is 71.9 Å². The normalized spacial score (nSPS) is 10.9. The van der Waals surface area contributed by atoms with Gasteiger partial charge in [-0.15, -0.1) is 11.3 Å². The van der Waals surface area contributed by atoms with Gasteiger partial charge in [-0.05, 0) is 48.0 Å². The number of phenolic OH excluding ortho intramolecular Hbond substituents is 1. The lowest BCUT2D eigenvalue weighted by molar-refractivity contribution is 0.102. The van der Waals surface area contributed by atoms with Crippen LogP contribution in [0.4, 0.5) is 5.13 Å². The standard InChI is InChI=1S/C23H17N5O3S/c1-31-22-15(3-2-8-24-22)13-5-7-19(29)16(11-13)20-26-17-6-4-14(12-18(17)27-20)21(30)28-23-25-9-10-32-23/h2-12,29H,1H3,(H,26,27)(H,25,28,30). The van der Waals surface area contributed by atoms with Gasteiger partial charge in [-0.1, -0.05) is 6.07 Å². The molecule has 0 saturated heterocycles. The van der Waals surface area contributed by atoms with Crippen molar-refractivity contribution in [3.8, 4) is 34.1 Å². The number of methoxy groups -OCH3 is 1. The van der Waals surface area contributed by atoms with E-state index in [0.717, 1.165) is 16.6 Å². The number of imidazole rings is 1. The predicted molar refractivity (Wildman–Crippen MR) is 123 cm³/mol. The van der Waals surface area contributed by atoms with Crippen molar-refractivity contribution in [3.63, 3.8) is 0 Å². The third-order valence-electron chi connectivity index (χ3n) is 4.93. The van der Waals surface area contributed by atoms with Crippen LogP contribution in [0.15, 0.2) is 66.3 Å². The molecule has 1 amide bonds. The van der Waals surface area contributed by atoms with Crippen molar-refractivity contribution in [1.29, 1.82) is 0 Å². The zero-order valence-electron chi connectivity index (χ0n) is 16.9. The maximum Gasteiger partial charge on any atom is 0.257 e. The lowest BCUT2D eigenvalue weighted by atomic mass is 10.0. The lowest BCUT2D eigenvalue weighted by Gasteiger charge is -2.09. The fraction of sp³-hybridized carbons (Fsp3) is 0.0435. The second-order valence-corrected chi connectivity index (χ2v) is 7.80. The van der Waals surface area contributed by atoms with Crippen LogP contribution in [0.1, 0.15) is 10.4 Å². The second kappa shape index (κ2) is 8.12. The van der Waals surface area contributed by atoms with Gasteiger partial charge in [0, 0.05) is 28.9 Å². The molecular weight excluding hydrogens is 426 g/mol. The number of thiazole rings is 1. The van der Waals surface area contributed by atoms with Crippen LogP contribution < -0.4 is 10.1 Å². The number of benzene rings is 2. The first-order chi connectivity index (χ1) is 15.6. The molecular formula is C23H17N5O3S. The molecule has 0 atom stereocenters. The van der Waals surface area contributed by atoms with Crippen molar-refractivity contribution in [1.82, 2.24) is 19.9 Å². The molecule has 5 aromatic rings. The number of phenols is 1. The highest BCUT2D eigenvalue weighted by Gasteiger charge is 2.15. The second-order valence-electron chi connectivity index (χ2n) is 6.90. The van der Waals surface area contributed by atoms with Gasteiger partial charge >= 0.3 is 0 Å². The van der Waals surface area contributed by atoms with E-state index in [-0.39, 0.29) is 11.7 Å². The summed E-state index contributed by atoms with van der Waals surface area (Å²) in [5, 5.41) is 15.6. The Morgan fingerprint density at radius 2 is 2.00 bits per heavy atom. The molecule has 0 saturated carbocycles. The Hall–Kier alpha value is -4.24. The summed E-state index contributed by atoms with van der Waals surface area (Å²) in [6.07, 6.45) is 3.29. The maximum atomic E-state index is 12.5. The minimum atomic E-state index is -0.264. The van der Waals surface area contributed by atoms with E-state index in [0.29, 0.717) is 33.5 Å². The maximum absolute atomic E-state index is 12.5. The largest absolute Gasteiger partial charge is 0.507 e. The summed E-state index contributed by atoms with van der Waals surface area (Å²) in [7, 11) is 1.56. The molecule has 0 radical (unpaired) electrons. The number of carbonyl (C=O) groups is 1. The molecule has 3 aromatic heterocycles. The van der Waals surface area contributed by atoms with Gasteiger partial charge in [0.25, 0.3) is 5.91 Å². The molecule has 3 N–H and O–H groups in total. The Labute approximate surface area is 186 Å². The van der Waals surface area contributed by atoms with Gasteiger partial charge in [-0.3, -0.25) is 10.1 Å². The fourth-order valence-corrected chi connectivity index (χ4v) is 3.92. The van der Waals surface area contributed by atoms with Crippen molar-refractivity contribution in [2.24, 2.45) is 0 Å². The third kappa shape index (κ3) is 3.65. The first-order valence-corrected chi connectivity index (χ1v) is 10.5. The molecule has 0 fully saturated rings. The number of amides is 1. The minimum absolute atomic E-state index is 0.0809. The van der Waals surface area contributed by atoms with Crippen LogP contribution in [-0.4, -0.2) is 38.1 Å². The topological polar surface area (TPSA) is 113 Å². The number of ether oxygens (including phenoxy) is 1. The monoisotopic (exact) mass is 443 g/mol. The first-order valence-electron chi connectivity index (χ1n) is 9.66. The minimum Gasteiger partial charge on any atom is -0.507 e. The molecule has 0 unspecified atom stereocenters. The van der Waals surface area contributed by atoms with Gasteiger partial charge in [0.1, 0.15) is 11.6 Å². The van der Waals surface area contributed by atoms with Gasteiger partial charge in [0.2, 0.25) is 5.88 Å². The molecule has 8 nitrogen and oxygen atoms in total. The number of anilines is 1. The summed E-state index contributed by atoms with van der Waals surface area (Å²) in [6, 6.07) is 14.1. The average Bonchev–Trinajstić information content (AvgIpc) is 3.48. The molecule has 2 aromatic carbocycles. The molecule has 0 aliphatic rings. The number of aromatic nitrogens is 4. The van der Waals surface area contributed by atoms with Gasteiger partial charge in [-0.2, -0.15) is 0 Å². The number of nitrogens with zero attached hydrogens (tertiary/aromatic N) is 3. The summed E-state index contributed by atoms with van der Waals surface area (Å²) in [5.74, 6) is 0.793.